The van der Waals surface area contributed by atoms with Crippen molar-refractivity contribution in [2.45, 2.75) is 43.7 Å². The molecule has 0 radical (unpaired) electrons. The Morgan fingerprint density at radius 1 is 0.923 bits per heavy atom. The smallest absolute Gasteiger partial charge is 0.475 e. The quantitative estimate of drug-likeness (QED) is 0.500. The van der Waals surface area contributed by atoms with E-state index in [0.29, 0.717) is 11.3 Å². The predicted molar refractivity (Wildman–Crippen MR) is 142 cm³/mol. The van der Waals surface area contributed by atoms with Gasteiger partial charge in [0.05, 0.1) is 16.3 Å². The number of carbonyl (C=O) groups is 2. The molecule has 0 unspecified atom stereocenters. The summed E-state index contributed by atoms with van der Waals surface area (Å²) in [6.45, 7) is 6.64. The number of nitrogens with zero attached hydrogens (tertiary/aromatic N) is 2. The molecule has 0 saturated carbocycles. The molecule has 2 heterocycles. The summed E-state index contributed by atoms with van der Waals surface area (Å²) in [4.78, 5) is 26.3. The summed E-state index contributed by atoms with van der Waals surface area (Å²) in [5.41, 5.74) is 2.77. The Hall–Kier alpha value is -3.32. The number of benzene rings is 2. The predicted octanol–water partition coefficient (Wildman–Crippen LogP) is 3.85. The number of nitrogens with one attached hydrogen (secondary N) is 2. The summed E-state index contributed by atoms with van der Waals surface area (Å²) in [5, 5.41) is 10.4. The lowest BCUT2D eigenvalue weighted by atomic mass is 10.1. The Morgan fingerprint density at radius 3 is 2.03 bits per heavy atom. The highest BCUT2D eigenvalue weighted by molar-refractivity contribution is 7.92. The van der Waals surface area contributed by atoms with Crippen LogP contribution < -0.4 is 14.9 Å². The largest absolute Gasteiger partial charge is 0.490 e. The van der Waals surface area contributed by atoms with E-state index >= 15 is 0 Å². The second-order valence-electron chi connectivity index (χ2n) is 9.40. The molecule has 1 amide bonds. The third kappa shape index (κ3) is 8.59. The lowest BCUT2D eigenvalue weighted by Crippen LogP contribution is -2.43. The number of rotatable bonds is 5. The van der Waals surface area contributed by atoms with E-state index in [2.05, 4.69) is 14.9 Å². The summed E-state index contributed by atoms with van der Waals surface area (Å²) in [5.74, 6) is -2.79. The highest BCUT2D eigenvalue weighted by atomic mass is 32.2. The maximum Gasteiger partial charge on any atom is 0.490 e. The van der Waals surface area contributed by atoms with Crippen LogP contribution in [0.3, 0.4) is 0 Å². The van der Waals surface area contributed by atoms with Gasteiger partial charge < -0.3 is 20.2 Å². The number of amides is 1. The monoisotopic (exact) mass is 570 g/mol. The van der Waals surface area contributed by atoms with Gasteiger partial charge >= 0.3 is 12.1 Å². The number of aliphatic carboxylic acids is 1. The van der Waals surface area contributed by atoms with Crippen molar-refractivity contribution < 1.29 is 36.3 Å². The second-order valence-corrected chi connectivity index (χ2v) is 11.1. The zero-order chi connectivity index (χ0) is 28.6. The molecule has 0 aromatic heterocycles. The SMILES string of the molecule is Cc1ccc(S(=O)(=O)Nc2cc(C(=O)N3CCCCCC3)ccc2N2CCNCC2)cc1.O=C(O)C(F)(F)F. The Morgan fingerprint density at radius 2 is 1.49 bits per heavy atom. The molecule has 2 aliphatic rings. The van der Waals surface area contributed by atoms with Gasteiger partial charge in [0.15, 0.2) is 0 Å². The minimum absolute atomic E-state index is 0.0328. The number of hydrogen-bond donors (Lipinski definition) is 3. The van der Waals surface area contributed by atoms with Crippen molar-refractivity contribution >= 4 is 33.3 Å². The molecule has 214 valence electrons. The number of anilines is 2. The average Bonchev–Trinajstić information content (AvgIpc) is 3.18. The maximum atomic E-state index is 13.2. The highest BCUT2D eigenvalue weighted by Crippen LogP contribution is 2.31. The van der Waals surface area contributed by atoms with Gasteiger partial charge in [0.25, 0.3) is 15.9 Å². The molecule has 0 aliphatic carbocycles. The Labute approximate surface area is 226 Å². The molecule has 0 atom stereocenters. The number of aryl methyl sites for hydroxylation is 1. The molecule has 2 fully saturated rings. The first-order chi connectivity index (χ1) is 18.4. The third-order valence-corrected chi connectivity index (χ3v) is 7.79. The number of carboxylic acid groups (broad SMARTS) is 1. The molecule has 13 heteroatoms. The van der Waals surface area contributed by atoms with Crippen LogP contribution in [0.4, 0.5) is 24.5 Å². The molecule has 9 nitrogen and oxygen atoms in total. The molecule has 2 saturated heterocycles. The van der Waals surface area contributed by atoms with Crippen LogP contribution in [0.15, 0.2) is 47.4 Å². The number of halogens is 3. The molecule has 2 aromatic rings. The number of likely N-dealkylation sites (tertiary alicyclic amines) is 1. The highest BCUT2D eigenvalue weighted by Gasteiger charge is 2.38. The number of carbonyl (C=O) groups excluding carboxylic acids is 1. The van der Waals surface area contributed by atoms with Crippen molar-refractivity contribution in [1.82, 2.24) is 10.2 Å². The van der Waals surface area contributed by atoms with Gasteiger partial charge in [0, 0.05) is 44.8 Å². The molecule has 0 bridgehead atoms. The zero-order valence-corrected chi connectivity index (χ0v) is 22.4. The second kappa shape index (κ2) is 13.2. The van der Waals surface area contributed by atoms with Crippen LogP contribution in [0, 0.1) is 6.92 Å². The van der Waals surface area contributed by atoms with Crippen molar-refractivity contribution in [3.63, 3.8) is 0 Å². The van der Waals surface area contributed by atoms with Gasteiger partial charge in [0.2, 0.25) is 0 Å². The number of hydrogen-bond acceptors (Lipinski definition) is 6. The summed E-state index contributed by atoms with van der Waals surface area (Å²) >= 11 is 0. The fraction of sp³-hybridized carbons (Fsp3) is 0.462. The fourth-order valence-electron chi connectivity index (χ4n) is 4.31. The maximum absolute atomic E-state index is 13.2. The third-order valence-electron chi connectivity index (χ3n) is 6.41. The van der Waals surface area contributed by atoms with E-state index < -0.39 is 22.2 Å². The Kier molecular flexibility index (Phi) is 10.2. The van der Waals surface area contributed by atoms with Crippen molar-refractivity contribution in [3.8, 4) is 0 Å². The molecule has 2 aliphatic heterocycles. The first-order valence-electron chi connectivity index (χ1n) is 12.7. The van der Waals surface area contributed by atoms with Crippen molar-refractivity contribution in [2.75, 3.05) is 48.9 Å². The molecular formula is C26H33F3N4O5S. The van der Waals surface area contributed by atoms with Crippen LogP contribution in [0.5, 0.6) is 0 Å². The topological polar surface area (TPSA) is 119 Å². The van der Waals surface area contributed by atoms with E-state index in [1.807, 2.05) is 24.0 Å². The summed E-state index contributed by atoms with van der Waals surface area (Å²) in [7, 11) is -3.78. The van der Waals surface area contributed by atoms with Crippen LogP contribution in [-0.4, -0.2) is 75.7 Å². The van der Waals surface area contributed by atoms with Gasteiger partial charge in [-0.15, -0.1) is 0 Å². The first-order valence-corrected chi connectivity index (χ1v) is 14.2. The van der Waals surface area contributed by atoms with Gasteiger partial charge in [0.1, 0.15) is 0 Å². The van der Waals surface area contributed by atoms with E-state index in [9.17, 15) is 26.4 Å². The standard InChI is InChI=1S/C24H32N4O3S.C2HF3O2/c1-19-6-9-21(10-7-19)32(30,31)26-22-18-20(24(29)28-14-4-2-3-5-15-28)8-11-23(22)27-16-12-25-13-17-27;3-2(4,5)1(6)7/h6-11,18,25-26H,2-5,12-17H2,1H3;(H,6,7). The van der Waals surface area contributed by atoms with Crippen LogP contribution in [0.25, 0.3) is 0 Å². The van der Waals surface area contributed by atoms with Crippen molar-refractivity contribution in [3.05, 3.63) is 53.6 Å². The average molecular weight is 571 g/mol. The van der Waals surface area contributed by atoms with Crippen LogP contribution >= 0.6 is 0 Å². The summed E-state index contributed by atoms with van der Waals surface area (Å²) in [6.07, 6.45) is -0.768. The minimum Gasteiger partial charge on any atom is -0.475 e. The van der Waals surface area contributed by atoms with E-state index in [1.165, 1.54) is 0 Å². The minimum atomic E-state index is -5.08. The van der Waals surface area contributed by atoms with Gasteiger partial charge in [-0.2, -0.15) is 13.2 Å². The summed E-state index contributed by atoms with van der Waals surface area (Å²) < 4.78 is 60.8. The first kappa shape index (κ1) is 30.2. The van der Waals surface area contributed by atoms with E-state index in [-0.39, 0.29) is 10.8 Å². The summed E-state index contributed by atoms with van der Waals surface area (Å²) in [6, 6.07) is 12.2. The van der Waals surface area contributed by atoms with E-state index in [1.54, 1.807) is 30.3 Å². The molecule has 4 rings (SSSR count). The molecule has 39 heavy (non-hydrogen) atoms. The molecule has 3 N–H and O–H groups in total. The van der Waals surface area contributed by atoms with Crippen LogP contribution in [0.2, 0.25) is 0 Å². The molecule has 2 aromatic carbocycles. The number of sulfonamides is 1. The Bertz CT molecular complexity index is 1240. The van der Waals surface area contributed by atoms with Crippen molar-refractivity contribution in [2.24, 2.45) is 0 Å². The van der Waals surface area contributed by atoms with Crippen LogP contribution in [0.1, 0.15) is 41.6 Å². The number of alkyl halides is 3. The fourth-order valence-corrected chi connectivity index (χ4v) is 5.38. The Balaban J connectivity index is 0.000000532. The van der Waals surface area contributed by atoms with Gasteiger partial charge in [-0.25, -0.2) is 13.2 Å². The van der Waals surface area contributed by atoms with Gasteiger partial charge in [-0.1, -0.05) is 30.5 Å². The van der Waals surface area contributed by atoms with Crippen molar-refractivity contribution in [1.29, 1.82) is 0 Å². The number of carboxylic acids is 1. The van der Waals surface area contributed by atoms with E-state index in [0.717, 1.165) is 76.2 Å². The number of piperazine rings is 1. The normalized spacial score (nSPS) is 16.5. The van der Waals surface area contributed by atoms with Crippen LogP contribution in [-0.2, 0) is 14.8 Å². The van der Waals surface area contributed by atoms with E-state index in [4.69, 9.17) is 9.90 Å². The molecule has 0 spiro atoms. The lowest BCUT2D eigenvalue weighted by molar-refractivity contribution is -0.192. The lowest BCUT2D eigenvalue weighted by Gasteiger charge is -2.31. The zero-order valence-electron chi connectivity index (χ0n) is 21.6. The van der Waals surface area contributed by atoms with Gasteiger partial charge in [-0.3, -0.25) is 9.52 Å². The van der Waals surface area contributed by atoms with Gasteiger partial charge in [-0.05, 0) is 50.1 Å². The molecular weight excluding hydrogens is 537 g/mol.